The average Bonchev–Trinajstić information content (AvgIpc) is 3.05. The molecule has 0 amide bonds. The van der Waals surface area contributed by atoms with Gasteiger partial charge in [0.25, 0.3) is 0 Å². The number of aliphatic carboxylic acids is 1. The maximum atomic E-state index is 10.4. The topological polar surface area (TPSA) is 40.5 Å². The summed E-state index contributed by atoms with van der Waals surface area (Å²) in [4.78, 5) is 14.4. The van der Waals surface area contributed by atoms with Crippen molar-refractivity contribution in [2.45, 2.75) is 51.1 Å². The number of thiophene rings is 1. The molecule has 1 N–H and O–H groups in total. The Labute approximate surface area is 112 Å². The molecule has 0 unspecified atom stereocenters. The summed E-state index contributed by atoms with van der Waals surface area (Å²) in [5, 5.41) is 10.7. The van der Waals surface area contributed by atoms with Crippen LogP contribution in [0.15, 0.2) is 17.5 Å². The van der Waals surface area contributed by atoms with Gasteiger partial charge in [-0.05, 0) is 43.7 Å². The van der Waals surface area contributed by atoms with E-state index in [2.05, 4.69) is 22.4 Å². The second kappa shape index (κ2) is 6.90. The van der Waals surface area contributed by atoms with E-state index in [-0.39, 0.29) is 0 Å². The predicted molar refractivity (Wildman–Crippen MR) is 73.9 cm³/mol. The fraction of sp³-hybridized carbons (Fsp3) is 0.643. The summed E-state index contributed by atoms with van der Waals surface area (Å²) < 4.78 is 0. The second-order valence-corrected chi connectivity index (χ2v) is 6.02. The molecule has 1 aliphatic rings. The van der Waals surface area contributed by atoms with Crippen LogP contribution in [-0.4, -0.2) is 28.6 Å². The summed E-state index contributed by atoms with van der Waals surface area (Å²) in [5.74, 6) is -0.673. The highest BCUT2D eigenvalue weighted by molar-refractivity contribution is 7.09. The smallest absolute Gasteiger partial charge is 0.303 e. The molecule has 0 spiro atoms. The van der Waals surface area contributed by atoms with E-state index in [4.69, 9.17) is 5.11 Å². The quantitative estimate of drug-likeness (QED) is 0.697. The van der Waals surface area contributed by atoms with Gasteiger partial charge in [0.05, 0.1) is 0 Å². The summed E-state index contributed by atoms with van der Waals surface area (Å²) in [6, 6.07) is 5.09. The standard InChI is InChI=1S/C14H21NO2S/c16-14(17)6-2-1-3-9-15(12-7-8-12)11-13-5-4-10-18-13/h4-5,10,12H,1-3,6-9,11H2,(H,16,17). The van der Waals surface area contributed by atoms with Crippen molar-refractivity contribution in [3.05, 3.63) is 22.4 Å². The average molecular weight is 267 g/mol. The van der Waals surface area contributed by atoms with Crippen LogP contribution in [0.2, 0.25) is 0 Å². The zero-order valence-electron chi connectivity index (χ0n) is 10.7. The molecule has 0 radical (unpaired) electrons. The fourth-order valence-electron chi connectivity index (χ4n) is 2.20. The molecule has 1 fully saturated rings. The molecule has 1 saturated carbocycles. The van der Waals surface area contributed by atoms with Crippen LogP contribution in [-0.2, 0) is 11.3 Å². The van der Waals surface area contributed by atoms with Gasteiger partial charge in [0.15, 0.2) is 0 Å². The lowest BCUT2D eigenvalue weighted by Crippen LogP contribution is -2.26. The third-order valence-electron chi connectivity index (χ3n) is 3.34. The number of rotatable bonds is 9. The van der Waals surface area contributed by atoms with Gasteiger partial charge in [-0.2, -0.15) is 0 Å². The molecule has 0 saturated heterocycles. The first kappa shape index (κ1) is 13.6. The summed E-state index contributed by atoms with van der Waals surface area (Å²) in [7, 11) is 0. The maximum absolute atomic E-state index is 10.4. The van der Waals surface area contributed by atoms with Crippen molar-refractivity contribution < 1.29 is 9.90 Å². The third kappa shape index (κ3) is 4.78. The normalized spacial score (nSPS) is 15.2. The van der Waals surface area contributed by atoms with E-state index < -0.39 is 5.97 Å². The molecule has 4 heteroatoms. The van der Waals surface area contributed by atoms with Crippen molar-refractivity contribution in [1.82, 2.24) is 4.90 Å². The highest BCUT2D eigenvalue weighted by Gasteiger charge is 2.28. The van der Waals surface area contributed by atoms with Crippen LogP contribution in [0.5, 0.6) is 0 Å². The van der Waals surface area contributed by atoms with E-state index in [1.54, 1.807) is 0 Å². The summed E-state index contributed by atoms with van der Waals surface area (Å²) in [6.45, 7) is 2.18. The Hall–Kier alpha value is -0.870. The minimum absolute atomic E-state index is 0.314. The number of carbonyl (C=O) groups is 1. The van der Waals surface area contributed by atoms with Crippen LogP contribution in [0.4, 0.5) is 0 Å². The lowest BCUT2D eigenvalue weighted by atomic mass is 10.2. The molecule has 100 valence electrons. The Kier molecular flexibility index (Phi) is 5.20. The summed E-state index contributed by atoms with van der Waals surface area (Å²) >= 11 is 1.82. The monoisotopic (exact) mass is 267 g/mol. The number of hydrogen-bond acceptors (Lipinski definition) is 3. The Balaban J connectivity index is 1.65. The Bertz CT molecular complexity index is 360. The van der Waals surface area contributed by atoms with Gasteiger partial charge in [-0.15, -0.1) is 11.3 Å². The minimum atomic E-state index is -0.673. The number of nitrogens with zero attached hydrogens (tertiary/aromatic N) is 1. The van der Waals surface area contributed by atoms with Crippen molar-refractivity contribution in [2.24, 2.45) is 0 Å². The third-order valence-corrected chi connectivity index (χ3v) is 4.20. The molecule has 2 rings (SSSR count). The van der Waals surface area contributed by atoms with Gasteiger partial charge < -0.3 is 5.11 Å². The van der Waals surface area contributed by atoms with Crippen molar-refractivity contribution >= 4 is 17.3 Å². The van der Waals surface area contributed by atoms with E-state index in [0.29, 0.717) is 6.42 Å². The Morgan fingerprint density at radius 3 is 2.83 bits per heavy atom. The molecular weight excluding hydrogens is 246 g/mol. The van der Waals surface area contributed by atoms with Gasteiger partial charge in [0.1, 0.15) is 0 Å². The van der Waals surface area contributed by atoms with Crippen LogP contribution < -0.4 is 0 Å². The highest BCUT2D eigenvalue weighted by Crippen LogP contribution is 2.29. The lowest BCUT2D eigenvalue weighted by molar-refractivity contribution is -0.137. The maximum Gasteiger partial charge on any atom is 0.303 e. The summed E-state index contributed by atoms with van der Waals surface area (Å²) in [5.41, 5.74) is 0. The van der Waals surface area contributed by atoms with E-state index in [1.165, 1.54) is 17.7 Å². The first-order valence-electron chi connectivity index (χ1n) is 6.74. The number of hydrogen-bond donors (Lipinski definition) is 1. The Morgan fingerprint density at radius 2 is 2.22 bits per heavy atom. The molecule has 0 aromatic carbocycles. The van der Waals surface area contributed by atoms with E-state index >= 15 is 0 Å². The molecule has 1 aliphatic carbocycles. The first-order valence-corrected chi connectivity index (χ1v) is 7.62. The molecule has 1 heterocycles. The van der Waals surface area contributed by atoms with E-state index in [1.807, 2.05) is 11.3 Å². The van der Waals surface area contributed by atoms with Crippen molar-refractivity contribution in [2.75, 3.05) is 6.54 Å². The van der Waals surface area contributed by atoms with Crippen molar-refractivity contribution in [3.8, 4) is 0 Å². The molecule has 1 aromatic rings. The van der Waals surface area contributed by atoms with Gasteiger partial charge >= 0.3 is 5.97 Å². The van der Waals surface area contributed by atoms with Gasteiger partial charge in [0.2, 0.25) is 0 Å². The number of unbranched alkanes of at least 4 members (excludes halogenated alkanes) is 2. The van der Waals surface area contributed by atoms with Gasteiger partial charge in [-0.3, -0.25) is 9.69 Å². The minimum Gasteiger partial charge on any atom is -0.481 e. The first-order chi connectivity index (χ1) is 8.75. The molecule has 0 aliphatic heterocycles. The molecular formula is C14H21NO2S. The lowest BCUT2D eigenvalue weighted by Gasteiger charge is -2.21. The molecule has 0 bridgehead atoms. The zero-order chi connectivity index (χ0) is 12.8. The zero-order valence-corrected chi connectivity index (χ0v) is 11.5. The van der Waals surface area contributed by atoms with Crippen LogP contribution in [0.25, 0.3) is 0 Å². The van der Waals surface area contributed by atoms with E-state index in [0.717, 1.165) is 38.4 Å². The van der Waals surface area contributed by atoms with Gasteiger partial charge in [-0.1, -0.05) is 12.5 Å². The van der Waals surface area contributed by atoms with Crippen molar-refractivity contribution in [3.63, 3.8) is 0 Å². The highest BCUT2D eigenvalue weighted by atomic mass is 32.1. The fourth-order valence-corrected chi connectivity index (χ4v) is 2.93. The van der Waals surface area contributed by atoms with Gasteiger partial charge in [-0.25, -0.2) is 0 Å². The van der Waals surface area contributed by atoms with Crippen LogP contribution in [0, 0.1) is 0 Å². The van der Waals surface area contributed by atoms with E-state index in [9.17, 15) is 4.79 Å². The van der Waals surface area contributed by atoms with Crippen LogP contribution in [0.3, 0.4) is 0 Å². The van der Waals surface area contributed by atoms with Crippen molar-refractivity contribution in [1.29, 1.82) is 0 Å². The predicted octanol–water partition coefficient (Wildman–Crippen LogP) is 3.36. The van der Waals surface area contributed by atoms with Crippen LogP contribution in [0.1, 0.15) is 43.4 Å². The molecule has 1 aromatic heterocycles. The molecule has 0 atom stereocenters. The number of carboxylic acids is 1. The summed E-state index contributed by atoms with van der Waals surface area (Å²) in [6.07, 6.45) is 5.94. The second-order valence-electron chi connectivity index (χ2n) is 4.99. The molecule has 18 heavy (non-hydrogen) atoms. The Morgan fingerprint density at radius 1 is 1.39 bits per heavy atom. The largest absolute Gasteiger partial charge is 0.481 e. The van der Waals surface area contributed by atoms with Gasteiger partial charge in [0, 0.05) is 23.9 Å². The van der Waals surface area contributed by atoms with Crippen LogP contribution >= 0.6 is 11.3 Å². The SMILES string of the molecule is O=C(O)CCCCCN(Cc1cccs1)C1CC1. The molecule has 3 nitrogen and oxygen atoms in total. The number of carboxylic acid groups (broad SMARTS) is 1.